The third kappa shape index (κ3) is 4.70. The van der Waals surface area contributed by atoms with Crippen molar-refractivity contribution in [3.05, 3.63) is 50.6 Å². The molecule has 1 atom stereocenters. The summed E-state index contributed by atoms with van der Waals surface area (Å²) in [6, 6.07) is 10.1. The number of carbonyl (C=O) groups excluding carboxylic acids is 1. The molecule has 1 aromatic carbocycles. The Morgan fingerprint density at radius 2 is 2.16 bits per heavy atom. The summed E-state index contributed by atoms with van der Waals surface area (Å²) in [7, 11) is 1.62. The Hall–Kier alpha value is -1.21. The second-order valence-electron chi connectivity index (χ2n) is 6.18. The second kappa shape index (κ2) is 8.94. The van der Waals surface area contributed by atoms with Crippen LogP contribution in [0, 0.1) is 0 Å². The molecular weight excluding hydrogens is 400 g/mol. The van der Waals surface area contributed by atoms with Gasteiger partial charge < -0.3 is 10.1 Å². The van der Waals surface area contributed by atoms with Gasteiger partial charge >= 0.3 is 0 Å². The van der Waals surface area contributed by atoms with Crippen LogP contribution in [0.15, 0.2) is 40.2 Å². The lowest BCUT2D eigenvalue weighted by atomic mass is 10.1. The molecular formula is C19H23BrN2O2S. The molecule has 0 spiro atoms. The van der Waals surface area contributed by atoms with Crippen molar-refractivity contribution in [3.63, 3.8) is 0 Å². The Balaban J connectivity index is 1.58. The second-order valence-corrected chi connectivity index (χ2v) is 8.01. The molecule has 2 aromatic rings. The number of methoxy groups -OCH3 is 1. The number of ketones is 1. The number of nitrogens with one attached hydrogen (secondary N) is 1. The summed E-state index contributed by atoms with van der Waals surface area (Å²) in [5.41, 5.74) is 0.689. The predicted octanol–water partition coefficient (Wildman–Crippen LogP) is 4.13. The smallest absolute Gasteiger partial charge is 0.176 e. The minimum Gasteiger partial charge on any atom is -0.496 e. The number of Topliss-reactive ketones (excluding diaryl/α,β-unsaturated/α-hetero) is 1. The Kier molecular flexibility index (Phi) is 6.64. The van der Waals surface area contributed by atoms with Crippen molar-refractivity contribution >= 4 is 33.0 Å². The molecule has 1 aliphatic rings. The minimum absolute atomic E-state index is 0.0923. The van der Waals surface area contributed by atoms with Gasteiger partial charge in [-0.15, -0.1) is 11.3 Å². The molecule has 1 saturated heterocycles. The van der Waals surface area contributed by atoms with Crippen LogP contribution in [0.3, 0.4) is 0 Å². The third-order valence-electron chi connectivity index (χ3n) is 4.55. The van der Waals surface area contributed by atoms with Gasteiger partial charge in [0.2, 0.25) is 0 Å². The topological polar surface area (TPSA) is 41.6 Å². The van der Waals surface area contributed by atoms with Crippen LogP contribution in [-0.4, -0.2) is 44.0 Å². The fraction of sp³-hybridized carbons (Fsp3) is 0.421. The van der Waals surface area contributed by atoms with E-state index in [0.29, 0.717) is 18.2 Å². The fourth-order valence-corrected chi connectivity index (χ4v) is 4.61. The molecule has 0 aliphatic carbocycles. The molecule has 4 nitrogen and oxygen atoms in total. The molecule has 1 aliphatic heterocycles. The van der Waals surface area contributed by atoms with Crippen LogP contribution >= 0.6 is 27.3 Å². The number of hydrogen-bond acceptors (Lipinski definition) is 5. The molecule has 1 aromatic heterocycles. The van der Waals surface area contributed by atoms with Crippen molar-refractivity contribution in [2.45, 2.75) is 18.9 Å². The van der Waals surface area contributed by atoms with Gasteiger partial charge in [-0.05, 0) is 71.5 Å². The molecule has 1 N–H and O–H groups in total. The van der Waals surface area contributed by atoms with Crippen molar-refractivity contribution in [3.8, 4) is 5.75 Å². The Morgan fingerprint density at radius 1 is 1.36 bits per heavy atom. The summed E-state index contributed by atoms with van der Waals surface area (Å²) < 4.78 is 6.01. The Morgan fingerprint density at radius 3 is 2.80 bits per heavy atom. The number of likely N-dealkylation sites (tertiary alicyclic amines) is 1. The van der Waals surface area contributed by atoms with Gasteiger partial charge in [0.15, 0.2) is 5.78 Å². The number of carbonyl (C=O) groups is 1. The van der Waals surface area contributed by atoms with E-state index < -0.39 is 0 Å². The molecule has 6 heteroatoms. The van der Waals surface area contributed by atoms with E-state index in [1.807, 2.05) is 18.2 Å². The summed E-state index contributed by atoms with van der Waals surface area (Å²) in [6.45, 7) is 3.42. The van der Waals surface area contributed by atoms with Crippen molar-refractivity contribution in [1.82, 2.24) is 10.2 Å². The van der Waals surface area contributed by atoms with Gasteiger partial charge in [-0.2, -0.15) is 0 Å². The van der Waals surface area contributed by atoms with E-state index >= 15 is 0 Å². The highest BCUT2D eigenvalue weighted by Gasteiger charge is 2.24. The van der Waals surface area contributed by atoms with Gasteiger partial charge in [-0.3, -0.25) is 9.69 Å². The largest absolute Gasteiger partial charge is 0.496 e. The zero-order valence-electron chi connectivity index (χ0n) is 14.3. The van der Waals surface area contributed by atoms with Gasteiger partial charge in [-0.25, -0.2) is 0 Å². The first-order chi connectivity index (χ1) is 12.2. The molecule has 0 bridgehead atoms. The average Bonchev–Trinajstić information content (AvgIpc) is 3.32. The zero-order valence-corrected chi connectivity index (χ0v) is 16.7. The van der Waals surface area contributed by atoms with Crippen LogP contribution in [0.5, 0.6) is 5.75 Å². The van der Waals surface area contributed by atoms with Crippen LogP contribution in [0.4, 0.5) is 0 Å². The highest BCUT2D eigenvalue weighted by molar-refractivity contribution is 9.10. The van der Waals surface area contributed by atoms with Crippen LogP contribution in [-0.2, 0) is 0 Å². The van der Waals surface area contributed by atoms with Crippen molar-refractivity contribution in [2.24, 2.45) is 0 Å². The number of benzene rings is 1. The number of thiophene rings is 1. The van der Waals surface area contributed by atoms with E-state index in [1.165, 1.54) is 17.7 Å². The maximum atomic E-state index is 12.5. The van der Waals surface area contributed by atoms with Crippen molar-refractivity contribution in [2.75, 3.05) is 33.3 Å². The van der Waals surface area contributed by atoms with Crippen molar-refractivity contribution in [1.29, 1.82) is 0 Å². The lowest BCUT2D eigenvalue weighted by Gasteiger charge is -2.27. The first-order valence-corrected chi connectivity index (χ1v) is 10.2. The average molecular weight is 423 g/mol. The lowest BCUT2D eigenvalue weighted by Crippen LogP contribution is -2.35. The standard InChI is InChI=1S/C19H23BrN2O2S/c1-24-18-7-6-14(11-15(18)20)17(23)13-21-12-16(19-5-4-10-25-19)22-8-2-3-9-22/h4-7,10-11,16,21H,2-3,8-9,12-13H2,1H3. The van der Waals surface area contributed by atoms with E-state index in [2.05, 4.69) is 43.7 Å². The van der Waals surface area contributed by atoms with Crippen LogP contribution in [0.1, 0.15) is 34.1 Å². The Labute approximate surface area is 161 Å². The minimum atomic E-state index is 0.0923. The molecule has 0 radical (unpaired) electrons. The SMILES string of the molecule is COc1ccc(C(=O)CNCC(c2cccs2)N2CCCC2)cc1Br. The van der Waals surface area contributed by atoms with Crippen LogP contribution < -0.4 is 10.1 Å². The monoisotopic (exact) mass is 422 g/mol. The summed E-state index contributed by atoms with van der Waals surface area (Å²) in [4.78, 5) is 16.3. The maximum Gasteiger partial charge on any atom is 0.176 e. The van der Waals surface area contributed by atoms with E-state index in [4.69, 9.17) is 4.74 Å². The molecule has 0 saturated carbocycles. The summed E-state index contributed by atoms with van der Waals surface area (Å²) in [6.07, 6.45) is 2.53. The van der Waals surface area contributed by atoms with E-state index in [-0.39, 0.29) is 5.78 Å². The molecule has 0 amide bonds. The third-order valence-corrected chi connectivity index (χ3v) is 6.14. The van der Waals surface area contributed by atoms with Crippen LogP contribution in [0.2, 0.25) is 0 Å². The molecule has 2 heterocycles. The molecule has 1 unspecified atom stereocenters. The van der Waals surface area contributed by atoms with E-state index in [0.717, 1.165) is 29.9 Å². The molecule has 3 rings (SSSR count). The summed E-state index contributed by atoms with van der Waals surface area (Å²) in [5.74, 6) is 0.825. The number of halogens is 1. The highest BCUT2D eigenvalue weighted by atomic mass is 79.9. The number of rotatable bonds is 8. The van der Waals surface area contributed by atoms with Gasteiger partial charge in [0.25, 0.3) is 0 Å². The van der Waals surface area contributed by atoms with Gasteiger partial charge in [0, 0.05) is 17.0 Å². The van der Waals surface area contributed by atoms with Crippen LogP contribution in [0.25, 0.3) is 0 Å². The fourth-order valence-electron chi connectivity index (χ4n) is 3.21. The quantitative estimate of drug-likeness (QED) is 0.649. The molecule has 134 valence electrons. The predicted molar refractivity (Wildman–Crippen MR) is 106 cm³/mol. The molecule has 25 heavy (non-hydrogen) atoms. The maximum absolute atomic E-state index is 12.5. The van der Waals surface area contributed by atoms with Gasteiger partial charge in [0.1, 0.15) is 5.75 Å². The number of hydrogen-bond donors (Lipinski definition) is 1. The summed E-state index contributed by atoms with van der Waals surface area (Å²) >= 11 is 5.23. The van der Waals surface area contributed by atoms with E-state index in [1.54, 1.807) is 18.4 Å². The number of nitrogens with zero attached hydrogens (tertiary/aromatic N) is 1. The normalized spacial score (nSPS) is 16.1. The van der Waals surface area contributed by atoms with Gasteiger partial charge in [0.05, 0.1) is 24.2 Å². The number of ether oxygens (including phenoxy) is 1. The first-order valence-electron chi connectivity index (χ1n) is 8.54. The first kappa shape index (κ1) is 18.6. The van der Waals surface area contributed by atoms with Gasteiger partial charge in [-0.1, -0.05) is 6.07 Å². The lowest BCUT2D eigenvalue weighted by molar-refractivity contribution is 0.0987. The van der Waals surface area contributed by atoms with E-state index in [9.17, 15) is 4.79 Å². The molecule has 1 fully saturated rings. The Bertz CT molecular complexity index is 699. The highest BCUT2D eigenvalue weighted by Crippen LogP contribution is 2.28. The zero-order chi connectivity index (χ0) is 17.6. The van der Waals surface area contributed by atoms with Crippen molar-refractivity contribution < 1.29 is 9.53 Å². The summed E-state index contributed by atoms with van der Waals surface area (Å²) in [5, 5.41) is 5.49.